The van der Waals surface area contributed by atoms with Crippen LogP contribution in [0.4, 0.5) is 0 Å². The Bertz CT molecular complexity index is 201. The molecule has 86 valence electrons. The van der Waals surface area contributed by atoms with Crippen LogP contribution < -0.4 is 0 Å². The fourth-order valence-electron chi connectivity index (χ4n) is 1.55. The Morgan fingerprint density at radius 2 is 2.27 bits per heavy atom. The maximum absolute atomic E-state index is 10.4. The molecule has 1 saturated heterocycles. The van der Waals surface area contributed by atoms with Gasteiger partial charge in [0.15, 0.2) is 6.29 Å². The standard InChI is InChI=1S/C12H20O3/c1-2-3-4-5-6-7-11-8-9-14-12(10-13)15-11/h6-7,10-12H,2-5,8-9H2,1H3. The first-order valence-corrected chi connectivity index (χ1v) is 5.76. The molecule has 0 radical (unpaired) electrons. The third-order valence-electron chi connectivity index (χ3n) is 2.43. The highest BCUT2D eigenvalue weighted by molar-refractivity contribution is 5.54. The van der Waals surface area contributed by atoms with Crippen LogP contribution in [-0.4, -0.2) is 25.3 Å². The number of allylic oxidation sites excluding steroid dienone is 1. The van der Waals surface area contributed by atoms with Gasteiger partial charge in [0.2, 0.25) is 6.29 Å². The summed E-state index contributed by atoms with van der Waals surface area (Å²) >= 11 is 0. The number of aldehydes is 1. The number of rotatable bonds is 6. The Hall–Kier alpha value is -0.670. The molecule has 1 rings (SSSR count). The SMILES string of the molecule is CCCCCC=CC1CCOC(C=O)O1. The van der Waals surface area contributed by atoms with E-state index in [1.54, 1.807) is 0 Å². The van der Waals surface area contributed by atoms with E-state index in [1.165, 1.54) is 19.3 Å². The maximum Gasteiger partial charge on any atom is 0.215 e. The topological polar surface area (TPSA) is 35.5 Å². The van der Waals surface area contributed by atoms with Crippen molar-refractivity contribution in [1.29, 1.82) is 0 Å². The van der Waals surface area contributed by atoms with Crippen molar-refractivity contribution in [3.8, 4) is 0 Å². The molecule has 0 aromatic heterocycles. The van der Waals surface area contributed by atoms with Crippen LogP contribution in [0.3, 0.4) is 0 Å². The zero-order chi connectivity index (χ0) is 10.9. The molecule has 0 bridgehead atoms. The van der Waals surface area contributed by atoms with Crippen LogP contribution in [0.15, 0.2) is 12.2 Å². The third-order valence-corrected chi connectivity index (χ3v) is 2.43. The first-order valence-electron chi connectivity index (χ1n) is 5.76. The molecule has 2 atom stereocenters. The van der Waals surface area contributed by atoms with Crippen LogP contribution in [0.5, 0.6) is 0 Å². The lowest BCUT2D eigenvalue weighted by Gasteiger charge is -2.24. The molecule has 0 amide bonds. The molecule has 1 fully saturated rings. The second-order valence-corrected chi connectivity index (χ2v) is 3.76. The van der Waals surface area contributed by atoms with E-state index >= 15 is 0 Å². The molecule has 1 heterocycles. The van der Waals surface area contributed by atoms with Gasteiger partial charge in [0.1, 0.15) is 0 Å². The number of carbonyl (C=O) groups excluding carboxylic acids is 1. The fraction of sp³-hybridized carbons (Fsp3) is 0.750. The van der Waals surface area contributed by atoms with Crippen molar-refractivity contribution in [2.75, 3.05) is 6.61 Å². The first kappa shape index (κ1) is 12.4. The van der Waals surface area contributed by atoms with Crippen LogP contribution in [0, 0.1) is 0 Å². The second-order valence-electron chi connectivity index (χ2n) is 3.76. The number of unbranched alkanes of at least 4 members (excludes halogenated alkanes) is 3. The smallest absolute Gasteiger partial charge is 0.215 e. The monoisotopic (exact) mass is 212 g/mol. The first-order chi connectivity index (χ1) is 7.36. The van der Waals surface area contributed by atoms with Gasteiger partial charge in [-0.05, 0) is 12.8 Å². The molecule has 1 aliphatic rings. The van der Waals surface area contributed by atoms with Gasteiger partial charge in [-0.1, -0.05) is 31.9 Å². The molecule has 0 aliphatic carbocycles. The van der Waals surface area contributed by atoms with Crippen molar-refractivity contribution in [3.05, 3.63) is 12.2 Å². The van der Waals surface area contributed by atoms with E-state index in [-0.39, 0.29) is 6.10 Å². The van der Waals surface area contributed by atoms with Crippen LogP contribution in [0.2, 0.25) is 0 Å². The Morgan fingerprint density at radius 1 is 1.40 bits per heavy atom. The lowest BCUT2D eigenvalue weighted by molar-refractivity contribution is -0.192. The third kappa shape index (κ3) is 5.09. The molecular formula is C12H20O3. The largest absolute Gasteiger partial charge is 0.346 e. The average molecular weight is 212 g/mol. The second kappa shape index (κ2) is 7.60. The summed E-state index contributed by atoms with van der Waals surface area (Å²) in [5, 5.41) is 0. The number of carbonyl (C=O) groups is 1. The minimum Gasteiger partial charge on any atom is -0.346 e. The highest BCUT2D eigenvalue weighted by Crippen LogP contribution is 2.12. The van der Waals surface area contributed by atoms with Gasteiger partial charge in [0.25, 0.3) is 0 Å². The van der Waals surface area contributed by atoms with Crippen LogP contribution >= 0.6 is 0 Å². The van der Waals surface area contributed by atoms with Crippen molar-refractivity contribution in [2.24, 2.45) is 0 Å². The maximum atomic E-state index is 10.4. The van der Waals surface area contributed by atoms with E-state index in [9.17, 15) is 4.79 Å². The molecule has 0 aromatic carbocycles. The van der Waals surface area contributed by atoms with Gasteiger partial charge in [-0.25, -0.2) is 0 Å². The van der Waals surface area contributed by atoms with E-state index < -0.39 is 6.29 Å². The number of hydrogen-bond acceptors (Lipinski definition) is 3. The summed E-state index contributed by atoms with van der Waals surface area (Å²) in [5.74, 6) is 0. The van der Waals surface area contributed by atoms with Crippen LogP contribution in [0.25, 0.3) is 0 Å². The van der Waals surface area contributed by atoms with Crippen molar-refractivity contribution in [3.63, 3.8) is 0 Å². The predicted octanol–water partition coefficient (Wildman–Crippen LogP) is 2.45. The Morgan fingerprint density at radius 3 is 3.00 bits per heavy atom. The molecule has 3 heteroatoms. The summed E-state index contributed by atoms with van der Waals surface area (Å²) in [5.41, 5.74) is 0. The van der Waals surface area contributed by atoms with E-state index in [1.807, 2.05) is 0 Å². The molecule has 0 N–H and O–H groups in total. The van der Waals surface area contributed by atoms with E-state index in [0.717, 1.165) is 12.8 Å². The molecule has 0 aromatic rings. The van der Waals surface area contributed by atoms with Crippen molar-refractivity contribution < 1.29 is 14.3 Å². The molecule has 3 nitrogen and oxygen atoms in total. The fourth-order valence-corrected chi connectivity index (χ4v) is 1.55. The van der Waals surface area contributed by atoms with E-state index in [0.29, 0.717) is 12.9 Å². The quantitative estimate of drug-likeness (QED) is 0.385. The molecule has 1 aliphatic heterocycles. The van der Waals surface area contributed by atoms with Gasteiger partial charge in [-0.3, -0.25) is 4.79 Å². The van der Waals surface area contributed by atoms with Gasteiger partial charge < -0.3 is 9.47 Å². The minimum absolute atomic E-state index is 0.0515. The summed E-state index contributed by atoms with van der Waals surface area (Å²) < 4.78 is 10.4. The van der Waals surface area contributed by atoms with Crippen molar-refractivity contribution in [1.82, 2.24) is 0 Å². The van der Waals surface area contributed by atoms with E-state index in [4.69, 9.17) is 9.47 Å². The average Bonchev–Trinajstić information content (AvgIpc) is 2.29. The summed E-state index contributed by atoms with van der Waals surface area (Å²) in [4.78, 5) is 10.4. The molecule has 15 heavy (non-hydrogen) atoms. The summed E-state index contributed by atoms with van der Waals surface area (Å²) in [6.45, 7) is 2.80. The van der Waals surface area contributed by atoms with Crippen molar-refractivity contribution in [2.45, 2.75) is 51.4 Å². The Kier molecular flexibility index (Phi) is 6.28. The highest BCUT2D eigenvalue weighted by Gasteiger charge is 2.19. The zero-order valence-electron chi connectivity index (χ0n) is 9.35. The zero-order valence-corrected chi connectivity index (χ0v) is 9.35. The molecule has 2 unspecified atom stereocenters. The van der Waals surface area contributed by atoms with Gasteiger partial charge in [-0.15, -0.1) is 0 Å². The lowest BCUT2D eigenvalue weighted by Crippen LogP contribution is -2.31. The van der Waals surface area contributed by atoms with Gasteiger partial charge in [0.05, 0.1) is 12.7 Å². The van der Waals surface area contributed by atoms with Gasteiger partial charge in [-0.2, -0.15) is 0 Å². The normalized spacial score (nSPS) is 27.0. The van der Waals surface area contributed by atoms with Crippen LogP contribution in [0.1, 0.15) is 39.0 Å². The van der Waals surface area contributed by atoms with Gasteiger partial charge in [0, 0.05) is 6.42 Å². The molecule has 0 spiro atoms. The van der Waals surface area contributed by atoms with Gasteiger partial charge >= 0.3 is 0 Å². The Labute approximate surface area is 91.4 Å². The molecular weight excluding hydrogens is 192 g/mol. The number of ether oxygens (including phenoxy) is 2. The summed E-state index contributed by atoms with van der Waals surface area (Å²) in [7, 11) is 0. The Balaban J connectivity index is 2.16. The van der Waals surface area contributed by atoms with Crippen LogP contribution in [-0.2, 0) is 14.3 Å². The number of hydrogen-bond donors (Lipinski definition) is 0. The molecule has 0 saturated carbocycles. The highest BCUT2D eigenvalue weighted by atomic mass is 16.7. The predicted molar refractivity (Wildman–Crippen MR) is 58.6 cm³/mol. The summed E-state index contributed by atoms with van der Waals surface area (Å²) in [6, 6.07) is 0. The minimum atomic E-state index is -0.663. The summed E-state index contributed by atoms with van der Waals surface area (Å²) in [6.07, 6.45) is 9.98. The van der Waals surface area contributed by atoms with E-state index in [2.05, 4.69) is 19.1 Å². The van der Waals surface area contributed by atoms with Crippen molar-refractivity contribution >= 4 is 6.29 Å². The lowest BCUT2D eigenvalue weighted by atomic mass is 10.1.